The van der Waals surface area contributed by atoms with Gasteiger partial charge in [-0.2, -0.15) is 0 Å². The lowest BCUT2D eigenvalue weighted by molar-refractivity contribution is 0.0398. The molecule has 0 aliphatic carbocycles. The van der Waals surface area contributed by atoms with Gasteiger partial charge in [0.25, 0.3) is 0 Å². The van der Waals surface area contributed by atoms with E-state index in [1.54, 1.807) is 14.2 Å². The summed E-state index contributed by atoms with van der Waals surface area (Å²) in [6.45, 7) is 5.24. The third kappa shape index (κ3) is 4.41. The zero-order valence-electron chi connectivity index (χ0n) is 16.9. The standard InChI is InChI=1S/C22H26N4O3/c1-27-19-14-17-18(15-20(19)28-2)24-21(16-6-4-3-5-7-16)25-22(17)23-8-9-26-10-12-29-13-11-26/h3-7,14-15H,8-13H2,1-2H3,(H,23,24,25). The SMILES string of the molecule is COc1cc2nc(-c3ccccc3)nc(NCCN3CCOCC3)c2cc1OC. The number of nitrogens with zero attached hydrogens (tertiary/aromatic N) is 3. The van der Waals surface area contributed by atoms with Crippen LogP contribution in [0.15, 0.2) is 42.5 Å². The number of aromatic nitrogens is 2. The van der Waals surface area contributed by atoms with Gasteiger partial charge in [0.05, 0.1) is 33.0 Å². The molecule has 1 aliphatic rings. The number of benzene rings is 2. The van der Waals surface area contributed by atoms with E-state index in [4.69, 9.17) is 24.2 Å². The van der Waals surface area contributed by atoms with E-state index in [-0.39, 0.29) is 0 Å². The maximum Gasteiger partial charge on any atom is 0.162 e. The molecule has 0 atom stereocenters. The van der Waals surface area contributed by atoms with E-state index < -0.39 is 0 Å². The summed E-state index contributed by atoms with van der Waals surface area (Å²) in [5, 5.41) is 4.41. The van der Waals surface area contributed by atoms with Crippen molar-refractivity contribution >= 4 is 16.7 Å². The molecule has 29 heavy (non-hydrogen) atoms. The zero-order chi connectivity index (χ0) is 20.1. The molecule has 0 radical (unpaired) electrons. The van der Waals surface area contributed by atoms with E-state index in [2.05, 4.69) is 10.2 Å². The molecule has 1 N–H and O–H groups in total. The van der Waals surface area contributed by atoms with Crippen LogP contribution >= 0.6 is 0 Å². The highest BCUT2D eigenvalue weighted by Gasteiger charge is 2.15. The molecule has 1 saturated heterocycles. The number of fused-ring (bicyclic) bond motifs is 1. The Morgan fingerprint density at radius 2 is 1.72 bits per heavy atom. The zero-order valence-corrected chi connectivity index (χ0v) is 16.9. The molecule has 1 fully saturated rings. The first-order chi connectivity index (χ1) is 14.3. The first-order valence-electron chi connectivity index (χ1n) is 9.81. The van der Waals surface area contributed by atoms with Crippen LogP contribution in [0, 0.1) is 0 Å². The number of nitrogens with one attached hydrogen (secondary N) is 1. The quantitative estimate of drug-likeness (QED) is 0.660. The van der Waals surface area contributed by atoms with Gasteiger partial charge in [-0.3, -0.25) is 4.90 Å². The Morgan fingerprint density at radius 3 is 2.45 bits per heavy atom. The van der Waals surface area contributed by atoms with Gasteiger partial charge in [0.2, 0.25) is 0 Å². The summed E-state index contributed by atoms with van der Waals surface area (Å²) < 4.78 is 16.4. The summed E-state index contributed by atoms with van der Waals surface area (Å²) in [6, 6.07) is 13.8. The number of methoxy groups -OCH3 is 2. The van der Waals surface area contributed by atoms with Gasteiger partial charge >= 0.3 is 0 Å². The van der Waals surface area contributed by atoms with Crippen molar-refractivity contribution in [1.29, 1.82) is 0 Å². The normalized spacial score (nSPS) is 14.7. The third-order valence-electron chi connectivity index (χ3n) is 5.06. The van der Waals surface area contributed by atoms with E-state index in [9.17, 15) is 0 Å². The molecule has 0 spiro atoms. The summed E-state index contributed by atoms with van der Waals surface area (Å²) in [4.78, 5) is 12.0. The van der Waals surface area contributed by atoms with Gasteiger partial charge in [0.1, 0.15) is 5.82 Å². The molecule has 4 rings (SSSR count). The summed E-state index contributed by atoms with van der Waals surface area (Å²) >= 11 is 0. The summed E-state index contributed by atoms with van der Waals surface area (Å²) in [5.41, 5.74) is 1.78. The highest BCUT2D eigenvalue weighted by Crippen LogP contribution is 2.35. The van der Waals surface area contributed by atoms with Gasteiger partial charge in [0.15, 0.2) is 17.3 Å². The van der Waals surface area contributed by atoms with Crippen molar-refractivity contribution < 1.29 is 14.2 Å². The number of hydrogen-bond acceptors (Lipinski definition) is 7. The minimum absolute atomic E-state index is 0.650. The number of morpholine rings is 1. The second-order valence-electron chi connectivity index (χ2n) is 6.87. The van der Waals surface area contributed by atoms with Crippen LogP contribution in [0.4, 0.5) is 5.82 Å². The van der Waals surface area contributed by atoms with Crippen molar-refractivity contribution in [3.8, 4) is 22.9 Å². The fraction of sp³-hybridized carbons (Fsp3) is 0.364. The molecule has 2 heterocycles. The van der Waals surface area contributed by atoms with Crippen LogP contribution in [0.1, 0.15) is 0 Å². The second-order valence-corrected chi connectivity index (χ2v) is 6.87. The Kier molecular flexibility index (Phi) is 6.07. The van der Waals surface area contributed by atoms with Crippen LogP contribution < -0.4 is 14.8 Å². The number of ether oxygens (including phenoxy) is 3. The fourth-order valence-electron chi connectivity index (χ4n) is 3.46. The summed E-state index contributed by atoms with van der Waals surface area (Å²) in [5.74, 6) is 2.78. The van der Waals surface area contributed by atoms with Crippen molar-refractivity contribution in [3.05, 3.63) is 42.5 Å². The first-order valence-corrected chi connectivity index (χ1v) is 9.81. The van der Waals surface area contributed by atoms with E-state index in [1.807, 2.05) is 42.5 Å². The predicted molar refractivity (Wildman–Crippen MR) is 114 cm³/mol. The Hall–Kier alpha value is -2.90. The van der Waals surface area contributed by atoms with Gasteiger partial charge in [-0.1, -0.05) is 30.3 Å². The average Bonchev–Trinajstić information content (AvgIpc) is 2.79. The highest BCUT2D eigenvalue weighted by atomic mass is 16.5. The molecule has 152 valence electrons. The monoisotopic (exact) mass is 394 g/mol. The Labute approximate surface area is 170 Å². The lowest BCUT2D eigenvalue weighted by Gasteiger charge is -2.26. The topological polar surface area (TPSA) is 68.7 Å². The largest absolute Gasteiger partial charge is 0.493 e. The molecule has 0 unspecified atom stereocenters. The maximum absolute atomic E-state index is 5.48. The molecule has 7 nitrogen and oxygen atoms in total. The average molecular weight is 394 g/mol. The molecule has 0 saturated carbocycles. The van der Waals surface area contributed by atoms with Crippen molar-refractivity contribution in [2.75, 3.05) is 58.9 Å². The third-order valence-corrected chi connectivity index (χ3v) is 5.06. The molecule has 0 amide bonds. The van der Waals surface area contributed by atoms with Crippen LogP contribution in [0.5, 0.6) is 11.5 Å². The molecule has 0 bridgehead atoms. The molecule has 2 aromatic carbocycles. The molecule has 7 heteroatoms. The highest BCUT2D eigenvalue weighted by molar-refractivity contribution is 5.93. The second kappa shape index (κ2) is 9.07. The first kappa shape index (κ1) is 19.4. The van der Waals surface area contributed by atoms with E-state index in [0.29, 0.717) is 17.3 Å². The number of hydrogen-bond donors (Lipinski definition) is 1. The number of anilines is 1. The van der Waals surface area contributed by atoms with Gasteiger partial charge in [-0.05, 0) is 6.07 Å². The van der Waals surface area contributed by atoms with Gasteiger partial charge in [-0.15, -0.1) is 0 Å². The van der Waals surface area contributed by atoms with E-state index >= 15 is 0 Å². The van der Waals surface area contributed by atoms with Crippen molar-refractivity contribution in [2.45, 2.75) is 0 Å². The van der Waals surface area contributed by atoms with Crippen LogP contribution in [0.25, 0.3) is 22.3 Å². The van der Waals surface area contributed by atoms with Crippen molar-refractivity contribution in [3.63, 3.8) is 0 Å². The minimum Gasteiger partial charge on any atom is -0.493 e. The Morgan fingerprint density at radius 1 is 1.00 bits per heavy atom. The summed E-state index contributed by atoms with van der Waals surface area (Å²) in [7, 11) is 3.26. The molecular formula is C22H26N4O3. The fourth-order valence-corrected chi connectivity index (χ4v) is 3.46. The van der Waals surface area contributed by atoms with Gasteiger partial charge in [0, 0.05) is 43.2 Å². The molecule has 1 aromatic heterocycles. The Balaban J connectivity index is 1.68. The predicted octanol–water partition coefficient (Wildman–Crippen LogP) is 3.06. The van der Waals surface area contributed by atoms with E-state index in [0.717, 1.165) is 61.7 Å². The van der Waals surface area contributed by atoms with Gasteiger partial charge < -0.3 is 19.5 Å². The van der Waals surface area contributed by atoms with Crippen LogP contribution in [0.3, 0.4) is 0 Å². The minimum atomic E-state index is 0.650. The van der Waals surface area contributed by atoms with E-state index in [1.165, 1.54) is 0 Å². The lowest BCUT2D eigenvalue weighted by Crippen LogP contribution is -2.39. The molecular weight excluding hydrogens is 368 g/mol. The van der Waals surface area contributed by atoms with Crippen LogP contribution in [-0.4, -0.2) is 68.5 Å². The van der Waals surface area contributed by atoms with Crippen LogP contribution in [-0.2, 0) is 4.74 Å². The maximum atomic E-state index is 5.48. The number of rotatable bonds is 7. The lowest BCUT2D eigenvalue weighted by atomic mass is 10.1. The van der Waals surface area contributed by atoms with Gasteiger partial charge in [-0.25, -0.2) is 9.97 Å². The van der Waals surface area contributed by atoms with Crippen molar-refractivity contribution in [1.82, 2.24) is 14.9 Å². The van der Waals surface area contributed by atoms with Crippen LogP contribution in [0.2, 0.25) is 0 Å². The molecule has 3 aromatic rings. The smallest absolute Gasteiger partial charge is 0.162 e. The molecule has 1 aliphatic heterocycles. The Bertz CT molecular complexity index is 959. The van der Waals surface area contributed by atoms with Crippen molar-refractivity contribution in [2.24, 2.45) is 0 Å². The summed E-state index contributed by atoms with van der Waals surface area (Å²) in [6.07, 6.45) is 0.